The van der Waals surface area contributed by atoms with Crippen LogP contribution in [-0.4, -0.2) is 50.8 Å². The molecule has 3 aromatic carbocycles. The fourth-order valence-corrected chi connectivity index (χ4v) is 5.80. The number of aromatic carboxylic acids is 1. The van der Waals surface area contributed by atoms with E-state index < -0.39 is 17.7 Å². The summed E-state index contributed by atoms with van der Waals surface area (Å²) in [7, 11) is 0. The van der Waals surface area contributed by atoms with Crippen molar-refractivity contribution in [3.63, 3.8) is 0 Å². The van der Waals surface area contributed by atoms with Gasteiger partial charge in [-0.3, -0.25) is 4.79 Å². The number of pyridine rings is 1. The third-order valence-corrected chi connectivity index (χ3v) is 8.26. The fraction of sp³-hybridized carbons (Fsp3) is 0.235. The van der Waals surface area contributed by atoms with E-state index in [9.17, 15) is 19.1 Å². The van der Waals surface area contributed by atoms with Crippen LogP contribution >= 0.6 is 0 Å². The minimum Gasteiger partial charge on any atom is -0.493 e. The van der Waals surface area contributed by atoms with Gasteiger partial charge in [-0.2, -0.15) is 0 Å². The second-order valence-electron chi connectivity index (χ2n) is 11.1. The Balaban J connectivity index is 1.16. The highest BCUT2D eigenvalue weighted by Crippen LogP contribution is 2.39. The summed E-state index contributed by atoms with van der Waals surface area (Å²) in [5.74, 6) is -0.337. The third kappa shape index (κ3) is 5.58. The Morgan fingerprint density at radius 3 is 2.60 bits per heavy atom. The molecule has 5 aromatic rings. The minimum atomic E-state index is -0.984. The smallest absolute Gasteiger partial charge is 0.335 e. The lowest BCUT2D eigenvalue weighted by atomic mass is 9.97. The Labute approximate surface area is 257 Å². The topological polar surface area (TPSA) is 139 Å². The molecule has 0 bridgehead atoms. The van der Waals surface area contributed by atoms with Gasteiger partial charge >= 0.3 is 5.97 Å². The van der Waals surface area contributed by atoms with Crippen molar-refractivity contribution in [3.05, 3.63) is 106 Å². The van der Waals surface area contributed by atoms with E-state index in [0.717, 1.165) is 58.4 Å². The van der Waals surface area contributed by atoms with Crippen molar-refractivity contribution in [1.29, 1.82) is 0 Å². The summed E-state index contributed by atoms with van der Waals surface area (Å²) in [5.41, 5.74) is 10.9. The van der Waals surface area contributed by atoms with Crippen molar-refractivity contribution in [2.45, 2.75) is 38.5 Å². The number of carboxylic acid groups (broad SMARTS) is 1. The zero-order valence-corrected chi connectivity index (χ0v) is 24.2. The quantitative estimate of drug-likeness (QED) is 0.228. The van der Waals surface area contributed by atoms with Crippen LogP contribution in [0.4, 0.5) is 4.39 Å². The molecule has 1 fully saturated rings. The molecule has 11 heteroatoms. The van der Waals surface area contributed by atoms with Gasteiger partial charge in [-0.25, -0.2) is 19.2 Å². The molecule has 1 atom stereocenters. The van der Waals surface area contributed by atoms with Crippen molar-refractivity contribution in [3.8, 4) is 22.9 Å². The molecule has 1 saturated heterocycles. The fourth-order valence-electron chi connectivity index (χ4n) is 5.80. The molecule has 4 heterocycles. The Bertz CT molecular complexity index is 1970. The molecule has 0 saturated carbocycles. The largest absolute Gasteiger partial charge is 0.493 e. The first-order valence-electron chi connectivity index (χ1n) is 14.6. The van der Waals surface area contributed by atoms with Crippen molar-refractivity contribution < 1.29 is 33.3 Å². The van der Waals surface area contributed by atoms with Crippen LogP contribution in [0.3, 0.4) is 0 Å². The van der Waals surface area contributed by atoms with Crippen LogP contribution in [0, 0.1) is 5.82 Å². The van der Waals surface area contributed by atoms with Crippen molar-refractivity contribution in [1.82, 2.24) is 14.5 Å². The average molecular weight is 609 g/mol. The number of ether oxygens (including phenoxy) is 3. The molecule has 3 N–H and O–H groups in total. The van der Waals surface area contributed by atoms with Gasteiger partial charge in [0, 0.05) is 53.3 Å². The monoisotopic (exact) mass is 608 g/mol. The highest BCUT2D eigenvalue weighted by atomic mass is 19.1. The summed E-state index contributed by atoms with van der Waals surface area (Å²) in [5, 5.41) is 9.57. The molecule has 2 aliphatic heterocycles. The van der Waals surface area contributed by atoms with Crippen LogP contribution in [-0.2, 0) is 30.7 Å². The zero-order valence-electron chi connectivity index (χ0n) is 24.2. The number of fused-ring (bicyclic) bond motifs is 2. The van der Waals surface area contributed by atoms with Crippen LogP contribution in [0.2, 0.25) is 0 Å². The van der Waals surface area contributed by atoms with Gasteiger partial charge in [-0.05, 0) is 42.8 Å². The summed E-state index contributed by atoms with van der Waals surface area (Å²) in [4.78, 5) is 32.6. The molecule has 0 aliphatic carbocycles. The molecule has 45 heavy (non-hydrogen) atoms. The van der Waals surface area contributed by atoms with Gasteiger partial charge in [-0.15, -0.1) is 0 Å². The predicted molar refractivity (Wildman–Crippen MR) is 162 cm³/mol. The number of nitrogens with two attached hydrogens (primary N) is 1. The van der Waals surface area contributed by atoms with E-state index in [2.05, 4.69) is 9.55 Å². The van der Waals surface area contributed by atoms with Crippen molar-refractivity contribution in [2.24, 2.45) is 5.73 Å². The van der Waals surface area contributed by atoms with E-state index in [-0.39, 0.29) is 29.4 Å². The number of primary amides is 1. The molecule has 1 amide bonds. The number of halogens is 1. The van der Waals surface area contributed by atoms with E-state index in [1.54, 1.807) is 24.3 Å². The number of carboxylic acids is 1. The SMILES string of the molecule is NC(=O)c1ccc(COc2cccc(-c3ccc(Cc4nc5ccc(C(=O)O)cc5n4C[C@@H]4CCO4)c4c3CCO4)n2)c(F)c1. The molecule has 7 rings (SSSR count). The first kappa shape index (κ1) is 28.5. The maximum Gasteiger partial charge on any atom is 0.335 e. The number of imidazole rings is 1. The van der Waals surface area contributed by atoms with Crippen molar-refractivity contribution in [2.75, 3.05) is 13.2 Å². The summed E-state index contributed by atoms with van der Waals surface area (Å²) < 4.78 is 34.2. The van der Waals surface area contributed by atoms with E-state index in [1.165, 1.54) is 12.1 Å². The Morgan fingerprint density at radius 1 is 1.02 bits per heavy atom. The average Bonchev–Trinajstić information content (AvgIpc) is 3.63. The Morgan fingerprint density at radius 2 is 1.84 bits per heavy atom. The number of carbonyl (C=O) groups excluding carboxylic acids is 1. The number of rotatable bonds is 10. The summed E-state index contributed by atoms with van der Waals surface area (Å²) in [6.45, 7) is 1.77. The zero-order chi connectivity index (χ0) is 31.1. The standard InChI is InChI=1S/C34H29FN4O6/c35-26-14-20(33(36)40)4-5-22(26)18-45-31-3-1-2-27(38-31)24-8-6-19(32-25(24)11-13-44-32)16-30-37-28-9-7-21(34(41)42)15-29(28)39(30)17-23-10-12-43-23/h1-9,14-15,23H,10-13,16-18H2,(H2,36,40)(H,41,42)/t23-/m0/s1. The van der Waals surface area contributed by atoms with Crippen LogP contribution < -0.4 is 15.2 Å². The van der Waals surface area contributed by atoms with Gasteiger partial charge < -0.3 is 29.6 Å². The van der Waals surface area contributed by atoms with Crippen LogP contribution in [0.25, 0.3) is 22.3 Å². The maximum absolute atomic E-state index is 14.5. The Hall–Kier alpha value is -5.29. The lowest BCUT2D eigenvalue weighted by Crippen LogP contribution is -2.31. The van der Waals surface area contributed by atoms with Gasteiger partial charge in [0.05, 0.1) is 41.5 Å². The van der Waals surface area contributed by atoms with Gasteiger partial charge in [0.2, 0.25) is 11.8 Å². The molecule has 0 radical (unpaired) electrons. The first-order chi connectivity index (χ1) is 21.8. The van der Waals surface area contributed by atoms with E-state index >= 15 is 0 Å². The van der Waals surface area contributed by atoms with E-state index in [0.29, 0.717) is 37.6 Å². The maximum atomic E-state index is 14.5. The van der Waals surface area contributed by atoms with Crippen LogP contribution in [0.1, 0.15) is 49.7 Å². The number of nitrogens with zero attached hydrogens (tertiary/aromatic N) is 3. The molecular weight excluding hydrogens is 579 g/mol. The van der Waals surface area contributed by atoms with E-state index in [1.807, 2.05) is 24.3 Å². The lowest BCUT2D eigenvalue weighted by Gasteiger charge is -2.27. The molecule has 2 aliphatic rings. The van der Waals surface area contributed by atoms with Gasteiger partial charge in [0.25, 0.3) is 0 Å². The second kappa shape index (κ2) is 11.7. The number of hydrogen-bond acceptors (Lipinski definition) is 7. The summed E-state index contributed by atoms with van der Waals surface area (Å²) in [6.07, 6.45) is 2.20. The molecule has 228 valence electrons. The highest BCUT2D eigenvalue weighted by Gasteiger charge is 2.26. The summed E-state index contributed by atoms with van der Waals surface area (Å²) >= 11 is 0. The number of aromatic nitrogens is 3. The van der Waals surface area contributed by atoms with Gasteiger partial charge in [0.15, 0.2) is 0 Å². The van der Waals surface area contributed by atoms with Crippen LogP contribution in [0.5, 0.6) is 11.6 Å². The first-order valence-corrected chi connectivity index (χ1v) is 14.6. The summed E-state index contributed by atoms with van der Waals surface area (Å²) in [6, 6.07) is 18.5. The van der Waals surface area contributed by atoms with Gasteiger partial charge in [0.1, 0.15) is 24.0 Å². The third-order valence-electron chi connectivity index (χ3n) is 8.26. The van der Waals surface area contributed by atoms with Crippen LogP contribution in [0.15, 0.2) is 66.7 Å². The molecule has 10 nitrogen and oxygen atoms in total. The molecule has 0 spiro atoms. The normalized spacial score (nSPS) is 15.4. The molecule has 0 unspecified atom stereocenters. The molecule has 2 aromatic heterocycles. The number of amides is 1. The van der Waals surface area contributed by atoms with Crippen molar-refractivity contribution >= 4 is 22.9 Å². The Kier molecular flexibility index (Phi) is 7.38. The minimum absolute atomic E-state index is 0.0607. The van der Waals surface area contributed by atoms with Gasteiger partial charge in [-0.1, -0.05) is 24.3 Å². The number of hydrogen-bond donors (Lipinski definition) is 2. The highest BCUT2D eigenvalue weighted by molar-refractivity contribution is 5.93. The number of benzene rings is 3. The predicted octanol–water partition coefficient (Wildman–Crippen LogP) is 4.93. The second-order valence-corrected chi connectivity index (χ2v) is 11.1. The molecular formula is C34H29FN4O6. The van der Waals surface area contributed by atoms with E-state index in [4.69, 9.17) is 24.9 Å². The number of carbonyl (C=O) groups is 2. The lowest BCUT2D eigenvalue weighted by molar-refractivity contribution is -0.0589.